The first-order valence-electron chi connectivity index (χ1n) is 6.36. The lowest BCUT2D eigenvalue weighted by atomic mass is 10.1. The molecule has 0 saturated carbocycles. The zero-order chi connectivity index (χ0) is 14.4. The van der Waals surface area contributed by atoms with Crippen LogP contribution in [0.4, 0.5) is 5.69 Å². The van der Waals surface area contributed by atoms with Crippen LogP contribution in [-0.2, 0) is 4.79 Å². The minimum absolute atomic E-state index is 0.180. The van der Waals surface area contributed by atoms with Crippen LogP contribution in [0.5, 0.6) is 0 Å². The summed E-state index contributed by atoms with van der Waals surface area (Å²) in [4.78, 5) is 23.6. The molecule has 0 aliphatic carbocycles. The minimum atomic E-state index is -0.546. The van der Waals surface area contributed by atoms with Crippen molar-refractivity contribution in [1.82, 2.24) is 10.6 Å². The van der Waals surface area contributed by atoms with Crippen molar-refractivity contribution in [2.45, 2.75) is 26.8 Å². The van der Waals surface area contributed by atoms with Gasteiger partial charge in [-0.3, -0.25) is 9.59 Å². The van der Waals surface area contributed by atoms with Gasteiger partial charge in [0.25, 0.3) is 5.91 Å². The van der Waals surface area contributed by atoms with Crippen molar-refractivity contribution in [2.75, 3.05) is 18.9 Å². The summed E-state index contributed by atoms with van der Waals surface area (Å²) in [5.74, 6) is -0.417. The fourth-order valence-corrected chi connectivity index (χ4v) is 1.74. The zero-order valence-electron chi connectivity index (χ0n) is 11.8. The third-order valence-corrected chi connectivity index (χ3v) is 2.85. The van der Waals surface area contributed by atoms with Gasteiger partial charge < -0.3 is 16.0 Å². The molecule has 0 aliphatic heterocycles. The molecule has 1 atom stereocenters. The average molecular weight is 263 g/mol. The quantitative estimate of drug-likeness (QED) is 0.749. The summed E-state index contributed by atoms with van der Waals surface area (Å²) < 4.78 is 0. The first-order chi connectivity index (χ1) is 8.99. The maximum absolute atomic E-state index is 12.1. The third kappa shape index (κ3) is 3.98. The molecule has 1 rings (SSSR count). The Morgan fingerprint density at radius 1 is 1.32 bits per heavy atom. The number of nitrogens with one attached hydrogen (secondary N) is 3. The van der Waals surface area contributed by atoms with E-state index in [1.54, 1.807) is 13.0 Å². The summed E-state index contributed by atoms with van der Waals surface area (Å²) in [5, 5.41) is 8.37. The Hall–Kier alpha value is -2.04. The van der Waals surface area contributed by atoms with E-state index < -0.39 is 6.04 Å². The predicted molar refractivity (Wildman–Crippen MR) is 76.3 cm³/mol. The Bertz CT molecular complexity index is 472. The summed E-state index contributed by atoms with van der Waals surface area (Å²) in [6, 6.07) is 4.93. The molecule has 0 aliphatic rings. The van der Waals surface area contributed by atoms with E-state index in [0.717, 1.165) is 11.3 Å². The van der Waals surface area contributed by atoms with Gasteiger partial charge in [-0.1, -0.05) is 0 Å². The van der Waals surface area contributed by atoms with Crippen molar-refractivity contribution in [2.24, 2.45) is 0 Å². The van der Waals surface area contributed by atoms with Crippen LogP contribution in [-0.4, -0.2) is 31.4 Å². The highest BCUT2D eigenvalue weighted by Crippen LogP contribution is 2.14. The van der Waals surface area contributed by atoms with Crippen LogP contribution in [0.25, 0.3) is 0 Å². The molecule has 1 aromatic rings. The van der Waals surface area contributed by atoms with Crippen molar-refractivity contribution in [3.05, 3.63) is 29.3 Å². The van der Waals surface area contributed by atoms with Gasteiger partial charge in [0.05, 0.1) is 0 Å². The second-order valence-electron chi connectivity index (χ2n) is 4.37. The number of anilines is 1. The summed E-state index contributed by atoms with van der Waals surface area (Å²) in [7, 11) is 1.83. The Morgan fingerprint density at radius 2 is 2.00 bits per heavy atom. The number of carbonyl (C=O) groups is 2. The van der Waals surface area contributed by atoms with E-state index in [2.05, 4.69) is 16.0 Å². The number of amides is 2. The van der Waals surface area contributed by atoms with Gasteiger partial charge >= 0.3 is 0 Å². The molecule has 3 N–H and O–H groups in total. The van der Waals surface area contributed by atoms with Gasteiger partial charge in [-0.2, -0.15) is 0 Å². The van der Waals surface area contributed by atoms with E-state index in [0.29, 0.717) is 12.1 Å². The van der Waals surface area contributed by atoms with Crippen LogP contribution < -0.4 is 16.0 Å². The molecule has 2 amide bonds. The molecule has 0 heterocycles. The maximum atomic E-state index is 12.1. The molecule has 0 bridgehead atoms. The number of aryl methyl sites for hydroxylation is 1. The Labute approximate surface area is 113 Å². The minimum Gasteiger partial charge on any atom is -0.388 e. The Balaban J connectivity index is 2.75. The lowest BCUT2D eigenvalue weighted by Crippen LogP contribution is -2.44. The van der Waals surface area contributed by atoms with E-state index in [4.69, 9.17) is 0 Å². The van der Waals surface area contributed by atoms with Crippen molar-refractivity contribution in [3.63, 3.8) is 0 Å². The van der Waals surface area contributed by atoms with Gasteiger partial charge in [-0.25, -0.2) is 0 Å². The second kappa shape index (κ2) is 6.78. The fourth-order valence-electron chi connectivity index (χ4n) is 1.74. The zero-order valence-corrected chi connectivity index (χ0v) is 11.8. The molecule has 1 unspecified atom stereocenters. The molecule has 104 valence electrons. The molecule has 5 nitrogen and oxygen atoms in total. The van der Waals surface area contributed by atoms with Gasteiger partial charge in [0.2, 0.25) is 5.91 Å². The average Bonchev–Trinajstić information content (AvgIpc) is 2.38. The summed E-state index contributed by atoms with van der Waals surface area (Å²) in [6.45, 7) is 5.93. The first-order valence-corrected chi connectivity index (χ1v) is 6.36. The normalized spacial score (nSPS) is 11.6. The van der Waals surface area contributed by atoms with Crippen LogP contribution in [0, 0.1) is 6.92 Å². The van der Waals surface area contributed by atoms with Crippen molar-refractivity contribution >= 4 is 17.5 Å². The van der Waals surface area contributed by atoms with Crippen LogP contribution in [0.15, 0.2) is 18.2 Å². The van der Waals surface area contributed by atoms with Crippen molar-refractivity contribution in [1.29, 1.82) is 0 Å². The molecule has 5 heteroatoms. The molecule has 19 heavy (non-hydrogen) atoms. The largest absolute Gasteiger partial charge is 0.388 e. The summed E-state index contributed by atoms with van der Waals surface area (Å²) in [5.41, 5.74) is 2.40. The number of carbonyl (C=O) groups excluding carboxylic acids is 2. The van der Waals surface area contributed by atoms with Gasteiger partial charge in [0.15, 0.2) is 0 Å². The van der Waals surface area contributed by atoms with E-state index >= 15 is 0 Å². The molecule has 0 saturated heterocycles. The highest BCUT2D eigenvalue weighted by molar-refractivity contribution is 5.98. The first kappa shape index (κ1) is 15.0. The Kier molecular flexibility index (Phi) is 5.36. The smallest absolute Gasteiger partial charge is 0.252 e. The maximum Gasteiger partial charge on any atom is 0.252 e. The van der Waals surface area contributed by atoms with E-state index in [-0.39, 0.29) is 11.8 Å². The third-order valence-electron chi connectivity index (χ3n) is 2.85. The lowest BCUT2D eigenvalue weighted by molar-refractivity contribution is -0.122. The SMILES string of the molecule is CCNC(=O)C(C)NC(=O)c1ccc(NC)cc1C. The highest BCUT2D eigenvalue weighted by atomic mass is 16.2. The number of rotatable bonds is 5. The fraction of sp³-hybridized carbons (Fsp3) is 0.429. The molecular formula is C14H21N3O2. The second-order valence-corrected chi connectivity index (χ2v) is 4.37. The summed E-state index contributed by atoms with van der Waals surface area (Å²) >= 11 is 0. The summed E-state index contributed by atoms with van der Waals surface area (Å²) in [6.07, 6.45) is 0. The topological polar surface area (TPSA) is 70.2 Å². The van der Waals surface area contributed by atoms with Gasteiger partial charge in [0, 0.05) is 24.8 Å². The Morgan fingerprint density at radius 3 is 2.53 bits per heavy atom. The molecule has 0 spiro atoms. The number of hydrogen-bond donors (Lipinski definition) is 3. The van der Waals surface area contributed by atoms with E-state index in [1.165, 1.54) is 0 Å². The molecule has 0 aromatic heterocycles. The molecule has 1 aromatic carbocycles. The van der Waals surface area contributed by atoms with Crippen LogP contribution >= 0.6 is 0 Å². The van der Waals surface area contributed by atoms with E-state index in [1.807, 2.05) is 33.0 Å². The van der Waals surface area contributed by atoms with Crippen LogP contribution in [0.3, 0.4) is 0 Å². The van der Waals surface area contributed by atoms with Gasteiger partial charge in [0.1, 0.15) is 6.04 Å². The standard InChI is InChI=1S/C14H21N3O2/c1-5-16-13(18)10(3)17-14(19)12-7-6-11(15-4)8-9(12)2/h6-8,10,15H,5H2,1-4H3,(H,16,18)(H,17,19). The van der Waals surface area contributed by atoms with Crippen molar-refractivity contribution in [3.8, 4) is 0 Å². The van der Waals surface area contributed by atoms with Crippen molar-refractivity contribution < 1.29 is 9.59 Å². The lowest BCUT2D eigenvalue weighted by Gasteiger charge is -2.14. The van der Waals surface area contributed by atoms with Crippen LogP contribution in [0.1, 0.15) is 29.8 Å². The van der Waals surface area contributed by atoms with Gasteiger partial charge in [-0.05, 0) is 44.5 Å². The monoisotopic (exact) mass is 263 g/mol. The molecule has 0 fully saturated rings. The predicted octanol–water partition coefficient (Wildman–Crippen LogP) is 1.29. The van der Waals surface area contributed by atoms with Gasteiger partial charge in [-0.15, -0.1) is 0 Å². The molecule has 0 radical (unpaired) electrons. The van der Waals surface area contributed by atoms with E-state index in [9.17, 15) is 9.59 Å². The number of likely N-dealkylation sites (N-methyl/N-ethyl adjacent to an activating group) is 1. The number of benzene rings is 1. The van der Waals surface area contributed by atoms with Crippen LogP contribution in [0.2, 0.25) is 0 Å². The highest BCUT2D eigenvalue weighted by Gasteiger charge is 2.17. The molecular weight excluding hydrogens is 242 g/mol. The number of hydrogen-bond acceptors (Lipinski definition) is 3.